The van der Waals surface area contributed by atoms with E-state index in [0.29, 0.717) is 12.5 Å². The number of rotatable bonds is 9. The van der Waals surface area contributed by atoms with Crippen molar-refractivity contribution in [3.63, 3.8) is 0 Å². The van der Waals surface area contributed by atoms with Crippen LogP contribution in [0.5, 0.6) is 11.5 Å². The van der Waals surface area contributed by atoms with E-state index in [4.69, 9.17) is 9.47 Å². The van der Waals surface area contributed by atoms with Crippen molar-refractivity contribution in [2.45, 2.75) is 65.7 Å². The van der Waals surface area contributed by atoms with Gasteiger partial charge in [-0.3, -0.25) is 4.79 Å². The van der Waals surface area contributed by atoms with Crippen LogP contribution in [-0.4, -0.2) is 18.1 Å². The van der Waals surface area contributed by atoms with Gasteiger partial charge in [0.05, 0.1) is 6.10 Å². The minimum atomic E-state index is -0.557. The Labute approximate surface area is 162 Å². The topological polar surface area (TPSA) is 47.6 Å². The van der Waals surface area contributed by atoms with Crippen molar-refractivity contribution in [3.05, 3.63) is 59.7 Å². The largest absolute Gasteiger partial charge is 0.491 e. The van der Waals surface area contributed by atoms with Crippen LogP contribution in [0.3, 0.4) is 0 Å². The molecule has 2 rings (SSSR count). The Morgan fingerprint density at radius 3 is 2.26 bits per heavy atom. The molecule has 0 fully saturated rings. The minimum absolute atomic E-state index is 0.128. The second-order valence-electron chi connectivity index (χ2n) is 7.14. The van der Waals surface area contributed by atoms with E-state index >= 15 is 0 Å². The number of hydrogen-bond donors (Lipinski definition) is 1. The zero-order valence-electron chi connectivity index (χ0n) is 17.0. The molecule has 0 heterocycles. The van der Waals surface area contributed by atoms with Crippen LogP contribution in [0.15, 0.2) is 48.5 Å². The molecular weight excluding hydrogens is 338 g/mol. The molecule has 1 amide bonds. The van der Waals surface area contributed by atoms with Gasteiger partial charge in [-0.05, 0) is 62.4 Å². The predicted molar refractivity (Wildman–Crippen MR) is 109 cm³/mol. The Hall–Kier alpha value is -2.49. The van der Waals surface area contributed by atoms with E-state index in [1.54, 1.807) is 6.92 Å². The molecule has 0 bridgehead atoms. The first-order chi connectivity index (χ1) is 12.9. The van der Waals surface area contributed by atoms with Gasteiger partial charge in [0.25, 0.3) is 5.91 Å². The molecule has 27 heavy (non-hydrogen) atoms. The number of benzene rings is 2. The van der Waals surface area contributed by atoms with Crippen molar-refractivity contribution in [1.82, 2.24) is 5.32 Å². The van der Waals surface area contributed by atoms with Crippen molar-refractivity contribution in [3.8, 4) is 11.5 Å². The van der Waals surface area contributed by atoms with Crippen molar-refractivity contribution < 1.29 is 14.3 Å². The fourth-order valence-electron chi connectivity index (χ4n) is 2.75. The monoisotopic (exact) mass is 369 g/mol. The Kier molecular flexibility index (Phi) is 7.71. The highest BCUT2D eigenvalue weighted by Gasteiger charge is 2.17. The Bertz CT molecular complexity index is 725. The molecule has 2 aromatic carbocycles. The number of carbonyl (C=O) groups excluding carboxylic acids is 1. The lowest BCUT2D eigenvalue weighted by Crippen LogP contribution is -2.36. The van der Waals surface area contributed by atoms with Crippen molar-refractivity contribution in [1.29, 1.82) is 0 Å². The Morgan fingerprint density at radius 2 is 1.63 bits per heavy atom. The van der Waals surface area contributed by atoms with E-state index in [-0.39, 0.29) is 12.0 Å². The third-order valence-electron chi connectivity index (χ3n) is 4.50. The highest BCUT2D eigenvalue weighted by Crippen LogP contribution is 2.29. The van der Waals surface area contributed by atoms with E-state index in [2.05, 4.69) is 25.2 Å². The molecule has 0 saturated carbocycles. The summed E-state index contributed by atoms with van der Waals surface area (Å²) in [5.41, 5.74) is 2.16. The standard InChI is InChI=1S/C23H31NO3/c1-6-17(4)21-9-7-8-10-22(21)27-18(5)23(25)24-15-19-11-13-20(14-12-19)26-16(2)3/h7-14,16-18H,6,15H2,1-5H3,(H,24,25). The molecule has 0 saturated heterocycles. The minimum Gasteiger partial charge on any atom is -0.491 e. The number of nitrogens with one attached hydrogen (secondary N) is 1. The van der Waals surface area contributed by atoms with Gasteiger partial charge in [0, 0.05) is 6.54 Å². The number of hydrogen-bond acceptors (Lipinski definition) is 3. The van der Waals surface area contributed by atoms with Crippen LogP contribution in [0.25, 0.3) is 0 Å². The Morgan fingerprint density at radius 1 is 0.963 bits per heavy atom. The summed E-state index contributed by atoms with van der Waals surface area (Å²) in [5, 5.41) is 2.94. The molecule has 0 aliphatic carbocycles. The maximum absolute atomic E-state index is 12.4. The summed E-state index contributed by atoms with van der Waals surface area (Å²) in [7, 11) is 0. The molecule has 146 valence electrons. The Balaban J connectivity index is 1.91. The van der Waals surface area contributed by atoms with Crippen LogP contribution in [0, 0.1) is 0 Å². The van der Waals surface area contributed by atoms with Crippen LogP contribution < -0.4 is 14.8 Å². The highest BCUT2D eigenvalue weighted by molar-refractivity contribution is 5.80. The van der Waals surface area contributed by atoms with E-state index in [1.165, 1.54) is 0 Å². The van der Waals surface area contributed by atoms with Crippen molar-refractivity contribution in [2.24, 2.45) is 0 Å². The van der Waals surface area contributed by atoms with E-state index in [0.717, 1.165) is 29.0 Å². The molecular formula is C23H31NO3. The summed E-state index contributed by atoms with van der Waals surface area (Å²) in [4.78, 5) is 12.4. The molecule has 2 unspecified atom stereocenters. The van der Waals surface area contributed by atoms with Crippen LogP contribution in [0.1, 0.15) is 58.1 Å². The van der Waals surface area contributed by atoms with Crippen LogP contribution in [0.4, 0.5) is 0 Å². The van der Waals surface area contributed by atoms with Gasteiger partial charge in [0.1, 0.15) is 11.5 Å². The van der Waals surface area contributed by atoms with E-state index in [1.807, 2.05) is 56.3 Å². The molecule has 0 aliphatic rings. The lowest BCUT2D eigenvalue weighted by molar-refractivity contribution is -0.127. The summed E-state index contributed by atoms with van der Waals surface area (Å²) in [5.74, 6) is 1.88. The molecule has 4 heteroatoms. The number of carbonyl (C=O) groups is 1. The lowest BCUT2D eigenvalue weighted by atomic mass is 9.98. The second-order valence-corrected chi connectivity index (χ2v) is 7.14. The average Bonchev–Trinajstić information content (AvgIpc) is 2.66. The second kappa shape index (κ2) is 10.0. The van der Waals surface area contributed by atoms with Gasteiger partial charge in [-0.15, -0.1) is 0 Å². The number of para-hydroxylation sites is 1. The zero-order chi connectivity index (χ0) is 19.8. The smallest absolute Gasteiger partial charge is 0.261 e. The van der Waals surface area contributed by atoms with Crippen LogP contribution >= 0.6 is 0 Å². The summed E-state index contributed by atoms with van der Waals surface area (Å²) in [6.45, 7) is 10.5. The van der Waals surface area contributed by atoms with Gasteiger partial charge in [0.15, 0.2) is 6.10 Å². The summed E-state index contributed by atoms with van der Waals surface area (Å²) in [6.07, 6.45) is 0.614. The SMILES string of the molecule is CCC(C)c1ccccc1OC(C)C(=O)NCc1ccc(OC(C)C)cc1. The summed E-state index contributed by atoms with van der Waals surface area (Å²) in [6, 6.07) is 15.7. The van der Waals surface area contributed by atoms with Crippen molar-refractivity contribution >= 4 is 5.91 Å². The average molecular weight is 370 g/mol. The van der Waals surface area contributed by atoms with E-state index in [9.17, 15) is 4.79 Å². The van der Waals surface area contributed by atoms with Crippen molar-refractivity contribution in [2.75, 3.05) is 0 Å². The quantitative estimate of drug-likeness (QED) is 0.671. The third kappa shape index (κ3) is 6.31. The normalized spacial score (nSPS) is 13.1. The third-order valence-corrected chi connectivity index (χ3v) is 4.50. The lowest BCUT2D eigenvalue weighted by Gasteiger charge is -2.19. The molecule has 2 aromatic rings. The predicted octanol–water partition coefficient (Wildman–Crippen LogP) is 5.07. The summed E-state index contributed by atoms with van der Waals surface area (Å²) >= 11 is 0. The fourth-order valence-corrected chi connectivity index (χ4v) is 2.75. The van der Waals surface area contributed by atoms with Crippen LogP contribution in [-0.2, 0) is 11.3 Å². The first-order valence-electron chi connectivity index (χ1n) is 9.69. The van der Waals surface area contributed by atoms with E-state index < -0.39 is 6.10 Å². The number of ether oxygens (including phenoxy) is 2. The first kappa shape index (κ1) is 20.8. The van der Waals surface area contributed by atoms with Gasteiger partial charge in [-0.1, -0.05) is 44.2 Å². The molecule has 0 aliphatic heterocycles. The molecule has 0 radical (unpaired) electrons. The van der Waals surface area contributed by atoms with Gasteiger partial charge < -0.3 is 14.8 Å². The fraction of sp³-hybridized carbons (Fsp3) is 0.435. The highest BCUT2D eigenvalue weighted by atomic mass is 16.5. The molecule has 1 N–H and O–H groups in total. The molecule has 2 atom stereocenters. The number of amides is 1. The van der Waals surface area contributed by atoms with Crippen LogP contribution in [0.2, 0.25) is 0 Å². The van der Waals surface area contributed by atoms with Gasteiger partial charge in [-0.2, -0.15) is 0 Å². The van der Waals surface area contributed by atoms with Gasteiger partial charge in [-0.25, -0.2) is 0 Å². The molecule has 0 aromatic heterocycles. The van der Waals surface area contributed by atoms with Gasteiger partial charge >= 0.3 is 0 Å². The maximum Gasteiger partial charge on any atom is 0.261 e. The zero-order valence-corrected chi connectivity index (χ0v) is 17.0. The summed E-state index contributed by atoms with van der Waals surface area (Å²) < 4.78 is 11.6. The first-order valence-corrected chi connectivity index (χ1v) is 9.69. The molecule has 4 nitrogen and oxygen atoms in total. The van der Waals surface area contributed by atoms with Gasteiger partial charge in [0.2, 0.25) is 0 Å². The maximum atomic E-state index is 12.4. The molecule has 0 spiro atoms.